The number of rotatable bonds is 10. The second-order valence-corrected chi connectivity index (χ2v) is 8.56. The van der Waals surface area contributed by atoms with E-state index in [-0.39, 0.29) is 6.61 Å². The molecule has 0 aliphatic rings. The average Bonchev–Trinajstić information content (AvgIpc) is 2.94. The monoisotopic (exact) mass is 493 g/mol. The van der Waals surface area contributed by atoms with Gasteiger partial charge in [-0.25, -0.2) is 4.79 Å². The van der Waals surface area contributed by atoms with Crippen molar-refractivity contribution in [1.29, 1.82) is 0 Å². The van der Waals surface area contributed by atoms with Crippen molar-refractivity contribution in [2.75, 3.05) is 0 Å². The van der Waals surface area contributed by atoms with Crippen LogP contribution in [0.15, 0.2) is 121 Å². The molecular formula is C31H27NO5. The summed E-state index contributed by atoms with van der Waals surface area (Å²) in [6.07, 6.45) is -0.512. The molecule has 0 unspecified atom stereocenters. The lowest BCUT2D eigenvalue weighted by Gasteiger charge is -2.35. The summed E-state index contributed by atoms with van der Waals surface area (Å²) in [5.41, 5.74) is 1.43. The zero-order valence-corrected chi connectivity index (χ0v) is 20.1. The Morgan fingerprint density at radius 1 is 0.676 bits per heavy atom. The highest BCUT2D eigenvalue weighted by molar-refractivity contribution is 5.98. The number of ether oxygens (including phenoxy) is 1. The molecule has 0 radical (unpaired) electrons. The van der Waals surface area contributed by atoms with E-state index in [0.29, 0.717) is 16.7 Å². The molecule has 1 amide bonds. The number of hydrogen-bond acceptors (Lipinski definition) is 4. The second kappa shape index (κ2) is 11.8. The molecule has 0 aliphatic heterocycles. The topological polar surface area (TPSA) is 92.7 Å². The number of carboxylic acid groups (broad SMARTS) is 1. The first-order chi connectivity index (χ1) is 18.0. The predicted octanol–water partition coefficient (Wildman–Crippen LogP) is 4.72. The van der Waals surface area contributed by atoms with Gasteiger partial charge in [-0.05, 0) is 22.3 Å². The zero-order chi connectivity index (χ0) is 26.1. The zero-order valence-electron chi connectivity index (χ0n) is 20.1. The molecule has 0 spiro atoms. The van der Waals surface area contributed by atoms with E-state index in [4.69, 9.17) is 4.74 Å². The summed E-state index contributed by atoms with van der Waals surface area (Å²) in [6, 6.07) is 35.2. The molecule has 1 atom stereocenters. The highest BCUT2D eigenvalue weighted by Gasteiger charge is 2.45. The fraction of sp³-hybridized carbons (Fsp3) is 0.129. The van der Waals surface area contributed by atoms with Crippen LogP contribution in [0.5, 0.6) is 0 Å². The van der Waals surface area contributed by atoms with Crippen LogP contribution in [0.3, 0.4) is 0 Å². The van der Waals surface area contributed by atoms with Crippen LogP contribution in [0.2, 0.25) is 0 Å². The molecule has 6 heteroatoms. The SMILES string of the molecule is O=C(C[C@@H](NC(=O)C(c1ccccc1)(c1ccccc1)c1ccccc1)C(=O)O)OCc1ccccc1. The number of carbonyl (C=O) groups is 3. The lowest BCUT2D eigenvalue weighted by Crippen LogP contribution is -2.52. The lowest BCUT2D eigenvalue weighted by molar-refractivity contribution is -0.151. The fourth-order valence-corrected chi connectivity index (χ4v) is 4.39. The van der Waals surface area contributed by atoms with E-state index in [1.54, 1.807) is 12.1 Å². The van der Waals surface area contributed by atoms with Gasteiger partial charge < -0.3 is 15.2 Å². The molecule has 6 nitrogen and oxygen atoms in total. The smallest absolute Gasteiger partial charge is 0.326 e. The summed E-state index contributed by atoms with van der Waals surface area (Å²) in [5, 5.41) is 12.6. The Morgan fingerprint density at radius 2 is 1.08 bits per heavy atom. The molecule has 2 N–H and O–H groups in total. The third-order valence-corrected chi connectivity index (χ3v) is 6.18. The highest BCUT2D eigenvalue weighted by atomic mass is 16.5. The van der Waals surface area contributed by atoms with Crippen molar-refractivity contribution < 1.29 is 24.2 Å². The van der Waals surface area contributed by atoms with Gasteiger partial charge in [0.1, 0.15) is 18.1 Å². The van der Waals surface area contributed by atoms with Gasteiger partial charge in [0.25, 0.3) is 0 Å². The molecule has 4 rings (SSSR count). The quantitative estimate of drug-likeness (QED) is 0.246. The van der Waals surface area contributed by atoms with Crippen LogP contribution < -0.4 is 5.32 Å². The molecule has 0 aliphatic carbocycles. The molecule has 0 bridgehead atoms. The van der Waals surface area contributed by atoms with Crippen molar-refractivity contribution >= 4 is 17.8 Å². The van der Waals surface area contributed by atoms with Crippen molar-refractivity contribution in [3.63, 3.8) is 0 Å². The highest BCUT2D eigenvalue weighted by Crippen LogP contribution is 2.39. The summed E-state index contributed by atoms with van der Waals surface area (Å²) < 4.78 is 5.28. The van der Waals surface area contributed by atoms with E-state index < -0.39 is 35.7 Å². The Morgan fingerprint density at radius 3 is 1.49 bits per heavy atom. The van der Waals surface area contributed by atoms with Crippen molar-refractivity contribution in [2.24, 2.45) is 0 Å². The Hall–Kier alpha value is -4.71. The number of nitrogens with one attached hydrogen (secondary N) is 1. The summed E-state index contributed by atoms with van der Waals surface area (Å²) in [7, 11) is 0. The molecule has 4 aromatic rings. The van der Waals surface area contributed by atoms with Crippen LogP contribution in [0, 0.1) is 0 Å². The van der Waals surface area contributed by atoms with E-state index in [1.165, 1.54) is 0 Å². The molecule has 4 aromatic carbocycles. The number of benzene rings is 4. The standard InChI is InChI=1S/C31H27NO5/c33-28(37-22-23-13-5-1-6-14-23)21-27(29(34)35)32-30(36)31(24-15-7-2-8-16-24,25-17-9-3-10-18-25)26-19-11-4-12-20-26/h1-20,27H,21-22H2,(H,32,36)(H,34,35)/t27-/m1/s1. The first kappa shape index (κ1) is 25.4. The number of esters is 1. The Labute approximate surface area is 215 Å². The van der Waals surface area contributed by atoms with Gasteiger partial charge in [0.05, 0.1) is 6.42 Å². The van der Waals surface area contributed by atoms with Crippen molar-refractivity contribution in [3.8, 4) is 0 Å². The number of hydrogen-bond donors (Lipinski definition) is 2. The van der Waals surface area contributed by atoms with E-state index in [2.05, 4.69) is 5.32 Å². The Kier molecular flexibility index (Phi) is 8.11. The van der Waals surface area contributed by atoms with E-state index >= 15 is 0 Å². The minimum Gasteiger partial charge on any atom is -0.480 e. The number of aliphatic carboxylic acids is 1. The van der Waals surface area contributed by atoms with Crippen molar-refractivity contribution in [2.45, 2.75) is 24.5 Å². The Bertz CT molecular complexity index is 1230. The van der Waals surface area contributed by atoms with Crippen LogP contribution in [0.25, 0.3) is 0 Å². The summed E-state index contributed by atoms with van der Waals surface area (Å²) in [5.74, 6) is -2.60. The normalized spacial score (nSPS) is 11.8. The number of carbonyl (C=O) groups excluding carboxylic acids is 2. The predicted molar refractivity (Wildman–Crippen MR) is 140 cm³/mol. The average molecular weight is 494 g/mol. The third-order valence-electron chi connectivity index (χ3n) is 6.18. The summed E-state index contributed by atoms with van der Waals surface area (Å²) in [4.78, 5) is 38.9. The molecule has 37 heavy (non-hydrogen) atoms. The fourth-order valence-electron chi connectivity index (χ4n) is 4.39. The molecule has 0 saturated carbocycles. The molecule has 186 valence electrons. The van der Waals surface area contributed by atoms with E-state index in [0.717, 1.165) is 5.56 Å². The van der Waals surface area contributed by atoms with Gasteiger partial charge in [-0.3, -0.25) is 9.59 Å². The molecule has 0 saturated heterocycles. The summed E-state index contributed by atoms with van der Waals surface area (Å²) in [6.45, 7) is 0.0158. The van der Waals surface area contributed by atoms with E-state index in [1.807, 2.05) is 109 Å². The van der Waals surface area contributed by atoms with Gasteiger partial charge in [0.15, 0.2) is 0 Å². The largest absolute Gasteiger partial charge is 0.480 e. The first-order valence-electron chi connectivity index (χ1n) is 11.9. The van der Waals surface area contributed by atoms with Gasteiger partial charge in [-0.2, -0.15) is 0 Å². The molecule has 0 aromatic heterocycles. The van der Waals surface area contributed by atoms with Crippen LogP contribution in [-0.2, 0) is 31.1 Å². The molecule has 0 fully saturated rings. The maximum absolute atomic E-state index is 14.2. The van der Waals surface area contributed by atoms with Crippen LogP contribution in [0.4, 0.5) is 0 Å². The second-order valence-electron chi connectivity index (χ2n) is 8.56. The minimum absolute atomic E-state index is 0.0158. The Balaban J connectivity index is 1.68. The van der Waals surface area contributed by atoms with Crippen molar-refractivity contribution in [1.82, 2.24) is 5.32 Å². The maximum Gasteiger partial charge on any atom is 0.326 e. The lowest BCUT2D eigenvalue weighted by atomic mass is 9.68. The number of amides is 1. The van der Waals surface area contributed by atoms with Gasteiger partial charge in [0.2, 0.25) is 5.91 Å². The molecule has 0 heterocycles. The third kappa shape index (κ3) is 5.76. The first-order valence-corrected chi connectivity index (χ1v) is 11.9. The maximum atomic E-state index is 14.2. The van der Waals surface area contributed by atoms with Gasteiger partial charge in [-0.15, -0.1) is 0 Å². The van der Waals surface area contributed by atoms with Crippen molar-refractivity contribution in [3.05, 3.63) is 144 Å². The van der Waals surface area contributed by atoms with Gasteiger partial charge in [-0.1, -0.05) is 121 Å². The minimum atomic E-state index is -1.48. The molecular weight excluding hydrogens is 466 g/mol. The van der Waals surface area contributed by atoms with Crippen LogP contribution >= 0.6 is 0 Å². The van der Waals surface area contributed by atoms with Gasteiger partial charge in [0, 0.05) is 0 Å². The van der Waals surface area contributed by atoms with Gasteiger partial charge >= 0.3 is 11.9 Å². The summed E-state index contributed by atoms with van der Waals surface area (Å²) >= 11 is 0. The van der Waals surface area contributed by atoms with Crippen LogP contribution in [0.1, 0.15) is 28.7 Å². The number of carboxylic acids is 1. The van der Waals surface area contributed by atoms with E-state index in [9.17, 15) is 19.5 Å². The van der Waals surface area contributed by atoms with Crippen LogP contribution in [-0.4, -0.2) is 29.0 Å².